The molecule has 0 aromatic heterocycles. The smallest absolute Gasteiger partial charge is 0.308 e. The Hall–Kier alpha value is -0.570. The lowest BCUT2D eigenvalue weighted by atomic mass is 9.73. The van der Waals surface area contributed by atoms with Gasteiger partial charge in [-0.25, -0.2) is 0 Å². The molecule has 0 heterocycles. The van der Waals surface area contributed by atoms with Crippen LogP contribution in [-0.2, 0) is 9.53 Å². The van der Waals surface area contributed by atoms with Crippen molar-refractivity contribution >= 4 is 5.97 Å². The molecule has 1 rings (SSSR count). The second kappa shape index (κ2) is 3.72. The van der Waals surface area contributed by atoms with Crippen molar-refractivity contribution in [1.29, 1.82) is 0 Å². The SMILES string of the molecule is COC(=O)C1CC(CCO)C1. The number of aliphatic hydroxyl groups excluding tert-OH is 1. The number of ether oxygens (including phenoxy) is 1. The zero-order chi connectivity index (χ0) is 8.27. The molecular weight excluding hydrogens is 144 g/mol. The molecule has 0 aromatic rings. The van der Waals surface area contributed by atoms with Crippen molar-refractivity contribution in [3.63, 3.8) is 0 Å². The van der Waals surface area contributed by atoms with Gasteiger partial charge in [0.2, 0.25) is 0 Å². The van der Waals surface area contributed by atoms with E-state index < -0.39 is 0 Å². The number of carbonyl (C=O) groups excluding carboxylic acids is 1. The van der Waals surface area contributed by atoms with E-state index in [1.807, 2.05) is 0 Å². The van der Waals surface area contributed by atoms with Gasteiger partial charge >= 0.3 is 5.97 Å². The third kappa shape index (κ3) is 1.93. The van der Waals surface area contributed by atoms with Crippen LogP contribution in [0.3, 0.4) is 0 Å². The fourth-order valence-electron chi connectivity index (χ4n) is 1.51. The van der Waals surface area contributed by atoms with E-state index in [0.29, 0.717) is 5.92 Å². The second-order valence-corrected chi connectivity index (χ2v) is 3.07. The van der Waals surface area contributed by atoms with Gasteiger partial charge in [0.1, 0.15) is 0 Å². The van der Waals surface area contributed by atoms with Crippen LogP contribution in [0.15, 0.2) is 0 Å². The molecule has 0 radical (unpaired) electrons. The normalized spacial score (nSPS) is 29.3. The van der Waals surface area contributed by atoms with Gasteiger partial charge in [-0.3, -0.25) is 4.79 Å². The summed E-state index contributed by atoms with van der Waals surface area (Å²) in [5.74, 6) is 0.555. The van der Waals surface area contributed by atoms with Crippen molar-refractivity contribution < 1.29 is 14.6 Å². The Bertz CT molecular complexity index is 138. The Morgan fingerprint density at radius 3 is 2.73 bits per heavy atom. The zero-order valence-electron chi connectivity index (χ0n) is 6.75. The van der Waals surface area contributed by atoms with Crippen LogP contribution < -0.4 is 0 Å². The molecule has 0 amide bonds. The van der Waals surface area contributed by atoms with Gasteiger partial charge in [-0.15, -0.1) is 0 Å². The van der Waals surface area contributed by atoms with Crippen molar-refractivity contribution in [1.82, 2.24) is 0 Å². The summed E-state index contributed by atoms with van der Waals surface area (Å²) in [7, 11) is 1.42. The summed E-state index contributed by atoms with van der Waals surface area (Å²) < 4.78 is 4.58. The van der Waals surface area contributed by atoms with Crippen molar-refractivity contribution in [2.45, 2.75) is 19.3 Å². The van der Waals surface area contributed by atoms with Crippen molar-refractivity contribution in [2.75, 3.05) is 13.7 Å². The number of hydrogen-bond acceptors (Lipinski definition) is 3. The highest BCUT2D eigenvalue weighted by molar-refractivity contribution is 5.73. The lowest BCUT2D eigenvalue weighted by Gasteiger charge is -2.32. The Labute approximate surface area is 66.4 Å². The van der Waals surface area contributed by atoms with Crippen LogP contribution in [0.25, 0.3) is 0 Å². The Balaban J connectivity index is 2.13. The summed E-state index contributed by atoms with van der Waals surface area (Å²) >= 11 is 0. The minimum Gasteiger partial charge on any atom is -0.469 e. The summed E-state index contributed by atoms with van der Waals surface area (Å²) in [5, 5.41) is 8.57. The Kier molecular flexibility index (Phi) is 2.88. The first-order valence-corrected chi connectivity index (χ1v) is 3.96. The van der Waals surface area contributed by atoms with Crippen molar-refractivity contribution in [3.05, 3.63) is 0 Å². The van der Waals surface area contributed by atoms with Crippen LogP contribution in [0.2, 0.25) is 0 Å². The van der Waals surface area contributed by atoms with E-state index in [1.165, 1.54) is 7.11 Å². The van der Waals surface area contributed by atoms with Gasteiger partial charge in [-0.05, 0) is 25.2 Å². The maximum Gasteiger partial charge on any atom is 0.308 e. The molecule has 11 heavy (non-hydrogen) atoms. The first kappa shape index (κ1) is 8.53. The summed E-state index contributed by atoms with van der Waals surface area (Å²) in [5.41, 5.74) is 0. The molecule has 0 bridgehead atoms. The number of methoxy groups -OCH3 is 1. The molecule has 1 aliphatic rings. The van der Waals surface area contributed by atoms with Gasteiger partial charge in [0, 0.05) is 6.61 Å². The predicted molar refractivity (Wildman–Crippen MR) is 39.9 cm³/mol. The standard InChI is InChI=1S/C8H14O3/c1-11-8(10)7-4-6(5-7)2-3-9/h6-7,9H,2-5H2,1H3. The van der Waals surface area contributed by atoms with Gasteiger partial charge in [-0.1, -0.05) is 0 Å². The molecule has 0 saturated heterocycles. The molecule has 0 aromatic carbocycles. The molecule has 3 nitrogen and oxygen atoms in total. The molecule has 0 spiro atoms. The number of carbonyl (C=O) groups is 1. The molecule has 0 aliphatic heterocycles. The first-order valence-electron chi connectivity index (χ1n) is 3.96. The molecule has 64 valence electrons. The molecule has 1 fully saturated rings. The van der Waals surface area contributed by atoms with E-state index in [0.717, 1.165) is 19.3 Å². The molecule has 1 N–H and O–H groups in total. The molecular formula is C8H14O3. The van der Waals surface area contributed by atoms with E-state index in [4.69, 9.17) is 5.11 Å². The van der Waals surface area contributed by atoms with E-state index >= 15 is 0 Å². The Morgan fingerprint density at radius 2 is 2.27 bits per heavy atom. The van der Waals surface area contributed by atoms with E-state index in [-0.39, 0.29) is 18.5 Å². The monoisotopic (exact) mass is 158 g/mol. The van der Waals surface area contributed by atoms with Gasteiger partial charge < -0.3 is 9.84 Å². The largest absolute Gasteiger partial charge is 0.469 e. The highest BCUT2D eigenvalue weighted by Gasteiger charge is 2.34. The molecule has 0 atom stereocenters. The zero-order valence-corrected chi connectivity index (χ0v) is 6.75. The molecule has 1 saturated carbocycles. The molecule has 1 aliphatic carbocycles. The molecule has 0 unspecified atom stereocenters. The van der Waals surface area contributed by atoms with Crippen molar-refractivity contribution in [2.24, 2.45) is 11.8 Å². The predicted octanol–water partition coefficient (Wildman–Crippen LogP) is 0.568. The van der Waals surface area contributed by atoms with E-state index in [1.54, 1.807) is 0 Å². The maximum absolute atomic E-state index is 10.9. The number of hydrogen-bond donors (Lipinski definition) is 1. The van der Waals surface area contributed by atoms with Gasteiger partial charge in [-0.2, -0.15) is 0 Å². The quantitative estimate of drug-likeness (QED) is 0.611. The minimum atomic E-state index is -0.0980. The van der Waals surface area contributed by atoms with Crippen LogP contribution in [0.4, 0.5) is 0 Å². The van der Waals surface area contributed by atoms with E-state index in [2.05, 4.69) is 4.74 Å². The van der Waals surface area contributed by atoms with Crippen LogP contribution in [0.5, 0.6) is 0 Å². The highest BCUT2D eigenvalue weighted by Crippen LogP contribution is 2.36. The van der Waals surface area contributed by atoms with Crippen LogP contribution >= 0.6 is 0 Å². The average molecular weight is 158 g/mol. The topological polar surface area (TPSA) is 46.5 Å². The second-order valence-electron chi connectivity index (χ2n) is 3.07. The number of rotatable bonds is 3. The fourth-order valence-corrected chi connectivity index (χ4v) is 1.51. The van der Waals surface area contributed by atoms with Crippen LogP contribution in [-0.4, -0.2) is 24.8 Å². The lowest BCUT2D eigenvalue weighted by Crippen LogP contribution is -2.31. The average Bonchev–Trinajstić information content (AvgIpc) is 1.94. The minimum absolute atomic E-state index is 0.0980. The number of aliphatic hydroxyl groups is 1. The summed E-state index contributed by atoms with van der Waals surface area (Å²) in [6.45, 7) is 0.235. The third-order valence-corrected chi connectivity index (χ3v) is 2.31. The summed E-state index contributed by atoms with van der Waals surface area (Å²) in [6, 6.07) is 0. The maximum atomic E-state index is 10.9. The molecule has 3 heteroatoms. The number of esters is 1. The lowest BCUT2D eigenvalue weighted by molar-refractivity contribution is -0.150. The van der Waals surface area contributed by atoms with Crippen LogP contribution in [0, 0.1) is 11.8 Å². The summed E-state index contributed by atoms with van der Waals surface area (Å²) in [4.78, 5) is 10.9. The fraction of sp³-hybridized carbons (Fsp3) is 0.875. The first-order chi connectivity index (χ1) is 5.27. The van der Waals surface area contributed by atoms with E-state index in [9.17, 15) is 4.79 Å². The van der Waals surface area contributed by atoms with Crippen LogP contribution in [0.1, 0.15) is 19.3 Å². The van der Waals surface area contributed by atoms with Gasteiger partial charge in [0.05, 0.1) is 13.0 Å². The Morgan fingerprint density at radius 1 is 1.64 bits per heavy atom. The highest BCUT2D eigenvalue weighted by atomic mass is 16.5. The van der Waals surface area contributed by atoms with Gasteiger partial charge in [0.25, 0.3) is 0 Å². The third-order valence-electron chi connectivity index (χ3n) is 2.31. The summed E-state index contributed by atoms with van der Waals surface area (Å²) in [6.07, 6.45) is 2.62. The van der Waals surface area contributed by atoms with Gasteiger partial charge in [0.15, 0.2) is 0 Å². The van der Waals surface area contributed by atoms with Crippen molar-refractivity contribution in [3.8, 4) is 0 Å².